The highest BCUT2D eigenvalue weighted by molar-refractivity contribution is 14.1. The van der Waals surface area contributed by atoms with E-state index in [0.29, 0.717) is 11.6 Å². The molecule has 1 aromatic heterocycles. The Bertz CT molecular complexity index is 461. The van der Waals surface area contributed by atoms with Crippen LogP contribution in [-0.2, 0) is 9.84 Å². The molecule has 0 amide bonds. The summed E-state index contributed by atoms with van der Waals surface area (Å²) in [7, 11) is -1.41. The van der Waals surface area contributed by atoms with Gasteiger partial charge in [0, 0.05) is 19.5 Å². The Morgan fingerprint density at radius 3 is 2.60 bits per heavy atom. The van der Waals surface area contributed by atoms with E-state index in [2.05, 4.69) is 37.9 Å². The Kier molecular flexibility index (Phi) is 3.87. The van der Waals surface area contributed by atoms with Gasteiger partial charge in [-0.05, 0) is 29.5 Å². The standard InChI is InChI=1S/C8H12IN3O2S/c1-5(15(3,13)14)7-11-4-6(9)8(10-2)12-7/h4-5H,1-3H3,(H,10,11,12). The predicted molar refractivity (Wildman–Crippen MR) is 67.6 cm³/mol. The molecule has 0 saturated heterocycles. The van der Waals surface area contributed by atoms with Gasteiger partial charge in [-0.3, -0.25) is 0 Å². The zero-order chi connectivity index (χ0) is 11.6. The van der Waals surface area contributed by atoms with E-state index < -0.39 is 15.1 Å². The Morgan fingerprint density at radius 1 is 1.53 bits per heavy atom. The van der Waals surface area contributed by atoms with E-state index in [0.717, 1.165) is 3.57 Å². The number of anilines is 1. The van der Waals surface area contributed by atoms with Crippen LogP contribution in [0, 0.1) is 3.57 Å². The van der Waals surface area contributed by atoms with Gasteiger partial charge in [0.2, 0.25) is 0 Å². The van der Waals surface area contributed by atoms with Crippen LogP contribution in [0.25, 0.3) is 0 Å². The van der Waals surface area contributed by atoms with E-state index in [9.17, 15) is 8.42 Å². The van der Waals surface area contributed by atoms with Gasteiger partial charge in [0.25, 0.3) is 0 Å². The average molecular weight is 341 g/mol. The molecule has 1 aromatic rings. The van der Waals surface area contributed by atoms with Crippen molar-refractivity contribution in [3.05, 3.63) is 15.6 Å². The summed E-state index contributed by atoms with van der Waals surface area (Å²) < 4.78 is 23.5. The molecule has 0 saturated carbocycles. The fourth-order valence-corrected chi connectivity index (χ4v) is 1.97. The van der Waals surface area contributed by atoms with E-state index in [1.165, 1.54) is 6.26 Å². The molecule has 0 bridgehead atoms. The van der Waals surface area contributed by atoms with Crippen LogP contribution in [0.3, 0.4) is 0 Å². The first kappa shape index (κ1) is 12.6. The number of nitrogens with zero attached hydrogens (tertiary/aromatic N) is 2. The topological polar surface area (TPSA) is 72.0 Å². The minimum atomic E-state index is -3.15. The molecule has 5 nitrogen and oxygen atoms in total. The largest absolute Gasteiger partial charge is 0.372 e. The third kappa shape index (κ3) is 3.00. The molecule has 1 rings (SSSR count). The molecule has 0 radical (unpaired) electrons. The maximum atomic E-state index is 11.3. The van der Waals surface area contributed by atoms with Crippen molar-refractivity contribution in [2.45, 2.75) is 12.2 Å². The van der Waals surface area contributed by atoms with Gasteiger partial charge in [0.15, 0.2) is 9.84 Å². The molecule has 1 atom stereocenters. The molecule has 0 aromatic carbocycles. The second-order valence-corrected chi connectivity index (χ2v) is 6.67. The minimum absolute atomic E-state index is 0.322. The first-order chi connectivity index (χ1) is 6.86. The van der Waals surface area contributed by atoms with Gasteiger partial charge in [0.1, 0.15) is 16.9 Å². The lowest BCUT2D eigenvalue weighted by molar-refractivity contribution is 0.589. The molecule has 7 heteroatoms. The maximum absolute atomic E-state index is 11.3. The van der Waals surface area contributed by atoms with Crippen LogP contribution in [0.15, 0.2) is 6.20 Å². The van der Waals surface area contributed by atoms with Crippen molar-refractivity contribution >= 4 is 38.2 Å². The summed E-state index contributed by atoms with van der Waals surface area (Å²) >= 11 is 2.08. The lowest BCUT2D eigenvalue weighted by Crippen LogP contribution is -2.12. The van der Waals surface area contributed by atoms with Crippen LogP contribution in [0.5, 0.6) is 0 Å². The Hall–Kier alpha value is -0.440. The summed E-state index contributed by atoms with van der Waals surface area (Å²) in [6.45, 7) is 1.58. The van der Waals surface area contributed by atoms with Gasteiger partial charge in [0.05, 0.1) is 3.57 Å². The molecule has 15 heavy (non-hydrogen) atoms. The normalized spacial score (nSPS) is 13.6. The Morgan fingerprint density at radius 2 is 2.13 bits per heavy atom. The smallest absolute Gasteiger partial charge is 0.157 e. The highest BCUT2D eigenvalue weighted by Crippen LogP contribution is 2.20. The summed E-state index contributed by atoms with van der Waals surface area (Å²) in [6, 6.07) is 0. The molecular weight excluding hydrogens is 329 g/mol. The summed E-state index contributed by atoms with van der Waals surface area (Å²) in [5.41, 5.74) is 0. The van der Waals surface area contributed by atoms with Crippen molar-refractivity contribution in [1.29, 1.82) is 0 Å². The molecule has 1 unspecified atom stereocenters. The predicted octanol–water partition coefficient (Wildman–Crippen LogP) is 1.23. The number of hydrogen-bond acceptors (Lipinski definition) is 5. The zero-order valence-corrected chi connectivity index (χ0v) is 11.6. The van der Waals surface area contributed by atoms with Gasteiger partial charge >= 0.3 is 0 Å². The number of nitrogens with one attached hydrogen (secondary N) is 1. The molecule has 0 aliphatic rings. The third-order valence-corrected chi connectivity index (χ3v) is 4.29. The number of halogens is 1. The van der Waals surface area contributed by atoms with E-state index in [4.69, 9.17) is 0 Å². The lowest BCUT2D eigenvalue weighted by atomic mass is 10.4. The van der Waals surface area contributed by atoms with Crippen molar-refractivity contribution in [3.8, 4) is 0 Å². The highest BCUT2D eigenvalue weighted by Gasteiger charge is 2.20. The molecule has 84 valence electrons. The van der Waals surface area contributed by atoms with E-state index in [1.54, 1.807) is 20.2 Å². The van der Waals surface area contributed by atoms with E-state index in [-0.39, 0.29) is 0 Å². The van der Waals surface area contributed by atoms with Crippen LogP contribution in [-0.4, -0.2) is 31.7 Å². The van der Waals surface area contributed by atoms with Crippen molar-refractivity contribution in [2.24, 2.45) is 0 Å². The monoisotopic (exact) mass is 341 g/mol. The van der Waals surface area contributed by atoms with Gasteiger partial charge < -0.3 is 5.32 Å². The fourth-order valence-electron chi connectivity index (χ4n) is 0.943. The maximum Gasteiger partial charge on any atom is 0.157 e. The number of sulfone groups is 1. The summed E-state index contributed by atoms with van der Waals surface area (Å²) in [5.74, 6) is 0.971. The molecule has 1 N–H and O–H groups in total. The molecule has 0 aliphatic heterocycles. The van der Waals surface area contributed by atoms with E-state index in [1.807, 2.05) is 0 Å². The van der Waals surface area contributed by atoms with Gasteiger partial charge in [-0.25, -0.2) is 18.4 Å². The molecular formula is C8H12IN3O2S. The molecule has 1 heterocycles. The second-order valence-electron chi connectivity index (χ2n) is 3.15. The van der Waals surface area contributed by atoms with Crippen molar-refractivity contribution in [1.82, 2.24) is 9.97 Å². The quantitative estimate of drug-likeness (QED) is 0.838. The third-order valence-electron chi connectivity index (χ3n) is 2.01. The second kappa shape index (κ2) is 4.60. The van der Waals surface area contributed by atoms with Crippen LogP contribution in [0.4, 0.5) is 5.82 Å². The molecule has 0 aliphatic carbocycles. The number of hydrogen-bond donors (Lipinski definition) is 1. The summed E-state index contributed by atoms with van der Waals surface area (Å²) in [6.07, 6.45) is 2.79. The Labute approximate surface area is 103 Å². The summed E-state index contributed by atoms with van der Waals surface area (Å²) in [4.78, 5) is 8.16. The zero-order valence-electron chi connectivity index (χ0n) is 8.65. The summed E-state index contributed by atoms with van der Waals surface area (Å²) in [5, 5.41) is 2.21. The first-order valence-corrected chi connectivity index (χ1v) is 7.28. The van der Waals surface area contributed by atoms with Crippen molar-refractivity contribution < 1.29 is 8.42 Å². The lowest BCUT2D eigenvalue weighted by Gasteiger charge is -2.10. The molecule has 0 spiro atoms. The van der Waals surface area contributed by atoms with Crippen LogP contribution < -0.4 is 5.32 Å². The van der Waals surface area contributed by atoms with Gasteiger partial charge in [-0.1, -0.05) is 0 Å². The first-order valence-electron chi connectivity index (χ1n) is 4.25. The SMILES string of the molecule is CNc1nc(C(C)S(C)(=O)=O)ncc1I. The Balaban J connectivity index is 3.17. The minimum Gasteiger partial charge on any atom is -0.372 e. The van der Waals surface area contributed by atoms with E-state index >= 15 is 0 Å². The van der Waals surface area contributed by atoms with Crippen molar-refractivity contribution in [3.63, 3.8) is 0 Å². The van der Waals surface area contributed by atoms with Crippen LogP contribution >= 0.6 is 22.6 Å². The van der Waals surface area contributed by atoms with Crippen LogP contribution in [0.2, 0.25) is 0 Å². The van der Waals surface area contributed by atoms with Gasteiger partial charge in [-0.15, -0.1) is 0 Å². The number of aromatic nitrogens is 2. The number of rotatable bonds is 3. The highest BCUT2D eigenvalue weighted by atomic mass is 127. The van der Waals surface area contributed by atoms with Gasteiger partial charge in [-0.2, -0.15) is 0 Å². The molecule has 0 fully saturated rings. The average Bonchev–Trinajstić information content (AvgIpc) is 2.16. The van der Waals surface area contributed by atoms with Crippen LogP contribution in [0.1, 0.15) is 18.0 Å². The van der Waals surface area contributed by atoms with Crippen molar-refractivity contribution in [2.75, 3.05) is 18.6 Å². The fraction of sp³-hybridized carbons (Fsp3) is 0.500.